The Hall–Kier alpha value is -1.26. The van der Waals surface area contributed by atoms with Crippen molar-refractivity contribution in [1.82, 2.24) is 4.90 Å². The molecule has 1 aromatic carbocycles. The van der Waals surface area contributed by atoms with Gasteiger partial charge in [-0.2, -0.15) is 0 Å². The van der Waals surface area contributed by atoms with Gasteiger partial charge in [0, 0.05) is 36.8 Å². The fourth-order valence-corrected chi connectivity index (χ4v) is 3.66. The van der Waals surface area contributed by atoms with Crippen LogP contribution in [0.15, 0.2) is 18.2 Å². The van der Waals surface area contributed by atoms with Gasteiger partial charge >= 0.3 is 0 Å². The van der Waals surface area contributed by atoms with E-state index in [9.17, 15) is 9.90 Å². The van der Waals surface area contributed by atoms with Gasteiger partial charge in [0.25, 0.3) is 5.91 Å². The van der Waals surface area contributed by atoms with E-state index in [4.69, 9.17) is 11.6 Å². The summed E-state index contributed by atoms with van der Waals surface area (Å²) in [6, 6.07) is 5.30. The van der Waals surface area contributed by atoms with Crippen LogP contribution in [0.3, 0.4) is 0 Å². The normalized spacial score (nSPS) is 28.6. The van der Waals surface area contributed by atoms with Crippen LogP contribution in [-0.4, -0.2) is 42.2 Å². The Bertz CT molecular complexity index is 535. The molecule has 108 valence electrons. The van der Waals surface area contributed by atoms with E-state index in [1.165, 1.54) is 0 Å². The number of aliphatic hydroxyl groups excluding tert-OH is 1. The van der Waals surface area contributed by atoms with Crippen LogP contribution in [0, 0.1) is 11.8 Å². The van der Waals surface area contributed by atoms with Gasteiger partial charge in [-0.05, 0) is 37.0 Å². The molecule has 2 aliphatic rings. The number of nitrogens with one attached hydrogen (secondary N) is 1. The zero-order chi connectivity index (χ0) is 14.3. The van der Waals surface area contributed by atoms with Gasteiger partial charge in [0.2, 0.25) is 0 Å². The summed E-state index contributed by atoms with van der Waals surface area (Å²) in [6.45, 7) is 1.40. The molecule has 2 fully saturated rings. The maximum Gasteiger partial charge on any atom is 0.256 e. The van der Waals surface area contributed by atoms with Crippen molar-refractivity contribution in [1.29, 1.82) is 0 Å². The molecule has 0 aromatic heterocycles. The molecular weight excluding hydrogens is 276 g/mol. The quantitative estimate of drug-likeness (QED) is 0.879. The SMILES string of the molecule is CNc1ccc(Cl)cc1C(=O)N1CC2CCC(O)C2C1. The van der Waals surface area contributed by atoms with Crippen molar-refractivity contribution in [2.45, 2.75) is 18.9 Å². The summed E-state index contributed by atoms with van der Waals surface area (Å²) < 4.78 is 0. The average molecular weight is 295 g/mol. The molecule has 1 heterocycles. The molecule has 5 heteroatoms. The van der Waals surface area contributed by atoms with Gasteiger partial charge in [-0.3, -0.25) is 4.79 Å². The van der Waals surface area contributed by atoms with Crippen molar-refractivity contribution in [3.63, 3.8) is 0 Å². The molecule has 1 aliphatic heterocycles. The molecule has 1 aliphatic carbocycles. The van der Waals surface area contributed by atoms with Crippen molar-refractivity contribution in [2.75, 3.05) is 25.5 Å². The second-order valence-corrected chi connectivity index (χ2v) is 6.16. The predicted octanol–water partition coefficient (Wildman–Crippen LogP) is 2.22. The number of fused-ring (bicyclic) bond motifs is 1. The third-order valence-corrected chi connectivity index (χ3v) is 4.82. The van der Waals surface area contributed by atoms with Gasteiger partial charge in [0.1, 0.15) is 0 Å². The number of anilines is 1. The lowest BCUT2D eigenvalue weighted by molar-refractivity contribution is 0.0753. The number of amides is 1. The maximum atomic E-state index is 12.7. The Kier molecular flexibility index (Phi) is 3.61. The first kappa shape index (κ1) is 13.7. The van der Waals surface area contributed by atoms with E-state index in [1.807, 2.05) is 11.0 Å². The molecule has 1 aromatic rings. The topological polar surface area (TPSA) is 52.6 Å². The summed E-state index contributed by atoms with van der Waals surface area (Å²) in [4.78, 5) is 14.5. The molecule has 3 rings (SSSR count). The van der Waals surface area contributed by atoms with Crippen LogP contribution in [0.5, 0.6) is 0 Å². The third kappa shape index (κ3) is 2.27. The molecule has 4 nitrogen and oxygen atoms in total. The molecule has 0 spiro atoms. The van der Waals surface area contributed by atoms with E-state index < -0.39 is 0 Å². The molecule has 1 saturated heterocycles. The fraction of sp³-hybridized carbons (Fsp3) is 0.533. The van der Waals surface area contributed by atoms with Crippen molar-refractivity contribution in [3.05, 3.63) is 28.8 Å². The predicted molar refractivity (Wildman–Crippen MR) is 79.1 cm³/mol. The van der Waals surface area contributed by atoms with E-state index in [0.717, 1.165) is 25.1 Å². The molecule has 20 heavy (non-hydrogen) atoms. The third-order valence-electron chi connectivity index (χ3n) is 4.59. The summed E-state index contributed by atoms with van der Waals surface area (Å²) in [7, 11) is 1.79. The fourth-order valence-electron chi connectivity index (χ4n) is 3.48. The first-order valence-electron chi connectivity index (χ1n) is 7.05. The van der Waals surface area contributed by atoms with E-state index >= 15 is 0 Å². The van der Waals surface area contributed by atoms with Gasteiger partial charge in [-0.1, -0.05) is 11.6 Å². The number of carbonyl (C=O) groups excluding carboxylic acids is 1. The minimum atomic E-state index is -0.249. The number of nitrogens with zero attached hydrogens (tertiary/aromatic N) is 1. The summed E-state index contributed by atoms with van der Waals surface area (Å²) in [6.07, 6.45) is 1.64. The van der Waals surface area contributed by atoms with E-state index in [0.29, 0.717) is 23.0 Å². The Morgan fingerprint density at radius 1 is 1.40 bits per heavy atom. The minimum absolute atomic E-state index is 0.00144. The van der Waals surface area contributed by atoms with Gasteiger partial charge in [0.15, 0.2) is 0 Å². The molecule has 1 amide bonds. The van der Waals surface area contributed by atoms with Crippen LogP contribution in [0.25, 0.3) is 0 Å². The minimum Gasteiger partial charge on any atom is -0.393 e. The highest BCUT2D eigenvalue weighted by molar-refractivity contribution is 6.31. The van der Waals surface area contributed by atoms with Crippen molar-refractivity contribution in [3.8, 4) is 0 Å². The number of likely N-dealkylation sites (tertiary alicyclic amines) is 1. The Labute approximate surface area is 123 Å². The Balaban J connectivity index is 1.82. The lowest BCUT2D eigenvalue weighted by Crippen LogP contribution is -2.31. The monoisotopic (exact) mass is 294 g/mol. The van der Waals surface area contributed by atoms with Crippen LogP contribution in [0.1, 0.15) is 23.2 Å². The van der Waals surface area contributed by atoms with Crippen LogP contribution >= 0.6 is 11.6 Å². The lowest BCUT2D eigenvalue weighted by atomic mass is 10.00. The number of hydrogen-bond donors (Lipinski definition) is 2. The van der Waals surface area contributed by atoms with Crippen molar-refractivity contribution in [2.24, 2.45) is 11.8 Å². The molecule has 3 atom stereocenters. The van der Waals surface area contributed by atoms with Crippen LogP contribution in [0.2, 0.25) is 5.02 Å². The van der Waals surface area contributed by atoms with Gasteiger partial charge in [-0.15, -0.1) is 0 Å². The summed E-state index contributed by atoms with van der Waals surface area (Å²) in [5.74, 6) is 0.695. The standard InChI is InChI=1S/C15H19ClN2O2/c1-17-13-4-3-10(16)6-11(13)15(20)18-7-9-2-5-14(19)12(9)8-18/h3-4,6,9,12,14,17,19H,2,5,7-8H2,1H3. The Morgan fingerprint density at radius 3 is 2.90 bits per heavy atom. The number of carbonyl (C=O) groups is 1. The first-order valence-corrected chi connectivity index (χ1v) is 7.42. The van der Waals surface area contributed by atoms with E-state index in [2.05, 4.69) is 5.32 Å². The summed E-state index contributed by atoms with van der Waals surface area (Å²) >= 11 is 6.01. The Morgan fingerprint density at radius 2 is 2.20 bits per heavy atom. The highest BCUT2D eigenvalue weighted by Crippen LogP contribution is 2.39. The summed E-state index contributed by atoms with van der Waals surface area (Å²) in [5, 5.41) is 13.5. The number of halogens is 1. The zero-order valence-electron chi connectivity index (χ0n) is 11.5. The van der Waals surface area contributed by atoms with Crippen LogP contribution in [-0.2, 0) is 0 Å². The first-order chi connectivity index (χ1) is 9.60. The molecule has 0 radical (unpaired) electrons. The van der Waals surface area contributed by atoms with Crippen LogP contribution in [0.4, 0.5) is 5.69 Å². The molecule has 1 saturated carbocycles. The van der Waals surface area contributed by atoms with Crippen molar-refractivity contribution >= 4 is 23.2 Å². The second kappa shape index (κ2) is 5.26. The average Bonchev–Trinajstić information content (AvgIpc) is 3.00. The maximum absolute atomic E-state index is 12.7. The van der Waals surface area contributed by atoms with Crippen molar-refractivity contribution < 1.29 is 9.90 Å². The van der Waals surface area contributed by atoms with Gasteiger partial charge < -0.3 is 15.3 Å². The highest BCUT2D eigenvalue weighted by atomic mass is 35.5. The number of hydrogen-bond acceptors (Lipinski definition) is 3. The smallest absolute Gasteiger partial charge is 0.256 e. The largest absolute Gasteiger partial charge is 0.393 e. The second-order valence-electron chi connectivity index (χ2n) is 5.72. The van der Waals surface area contributed by atoms with E-state index in [1.54, 1.807) is 19.2 Å². The number of aliphatic hydroxyl groups is 1. The highest BCUT2D eigenvalue weighted by Gasteiger charge is 2.43. The molecule has 3 unspecified atom stereocenters. The van der Waals surface area contributed by atoms with Gasteiger partial charge in [0.05, 0.1) is 11.7 Å². The summed E-state index contributed by atoms with van der Waals surface area (Å²) in [5.41, 5.74) is 1.39. The molecular formula is C15H19ClN2O2. The lowest BCUT2D eigenvalue weighted by Gasteiger charge is -2.20. The number of rotatable bonds is 2. The van der Waals surface area contributed by atoms with Gasteiger partial charge in [-0.25, -0.2) is 0 Å². The number of benzene rings is 1. The zero-order valence-corrected chi connectivity index (χ0v) is 12.2. The van der Waals surface area contributed by atoms with E-state index in [-0.39, 0.29) is 17.9 Å². The molecule has 0 bridgehead atoms. The van der Waals surface area contributed by atoms with Crippen LogP contribution < -0.4 is 5.32 Å². The molecule has 2 N–H and O–H groups in total.